The largest absolute Gasteiger partial charge is 0.371 e. The minimum atomic E-state index is -0.658. The van der Waals surface area contributed by atoms with Crippen LogP contribution in [0.15, 0.2) is 48.5 Å². The highest BCUT2D eigenvalue weighted by atomic mass is 35.5. The summed E-state index contributed by atoms with van der Waals surface area (Å²) >= 11 is 5.91. The van der Waals surface area contributed by atoms with Crippen molar-refractivity contribution >= 4 is 40.5 Å². The lowest BCUT2D eigenvalue weighted by atomic mass is 10.1. The number of carbonyl (C=O) groups excluding carboxylic acids is 2. The van der Waals surface area contributed by atoms with Gasteiger partial charge in [0, 0.05) is 41.7 Å². The third-order valence-corrected chi connectivity index (χ3v) is 5.84. The first-order chi connectivity index (χ1) is 13.5. The summed E-state index contributed by atoms with van der Waals surface area (Å²) in [6.07, 6.45) is 1.73. The molecule has 2 amide bonds. The highest BCUT2D eigenvalue weighted by molar-refractivity contribution is 6.30. The summed E-state index contributed by atoms with van der Waals surface area (Å²) in [5, 5.41) is 3.52. The first kappa shape index (κ1) is 18.8. The first-order valence-corrected chi connectivity index (χ1v) is 10.1. The Morgan fingerprint density at radius 1 is 1.00 bits per heavy atom. The van der Waals surface area contributed by atoms with Gasteiger partial charge in [-0.25, -0.2) is 0 Å². The summed E-state index contributed by atoms with van der Waals surface area (Å²) in [5.41, 5.74) is 2.67. The molecule has 6 heteroatoms. The van der Waals surface area contributed by atoms with Gasteiger partial charge in [0.2, 0.25) is 11.8 Å². The van der Waals surface area contributed by atoms with Crippen molar-refractivity contribution in [2.75, 3.05) is 34.8 Å². The molecule has 2 aromatic carbocycles. The van der Waals surface area contributed by atoms with Gasteiger partial charge in [0.1, 0.15) is 5.92 Å². The van der Waals surface area contributed by atoms with Gasteiger partial charge in [-0.3, -0.25) is 9.59 Å². The molecule has 28 heavy (non-hydrogen) atoms. The molecular formula is C22H24ClN3O2. The number of anilines is 3. The number of nitrogens with one attached hydrogen (secondary N) is 1. The molecule has 0 saturated carbocycles. The van der Waals surface area contributed by atoms with Crippen molar-refractivity contribution in [1.82, 2.24) is 0 Å². The Bertz CT molecular complexity index is 866. The summed E-state index contributed by atoms with van der Waals surface area (Å²) in [6, 6.07) is 15.0. The first-order valence-electron chi connectivity index (χ1n) is 9.74. The molecule has 0 aliphatic carbocycles. The summed E-state index contributed by atoms with van der Waals surface area (Å²) in [6.45, 7) is 4.94. The van der Waals surface area contributed by atoms with Gasteiger partial charge in [-0.1, -0.05) is 18.5 Å². The monoisotopic (exact) mass is 397 g/mol. The number of halogens is 1. The van der Waals surface area contributed by atoms with Gasteiger partial charge in [-0.15, -0.1) is 0 Å². The Morgan fingerprint density at radius 3 is 2.32 bits per heavy atom. The highest BCUT2D eigenvalue weighted by Crippen LogP contribution is 2.28. The molecule has 1 N–H and O–H groups in total. The second-order valence-corrected chi connectivity index (χ2v) is 8.12. The fraction of sp³-hybridized carbons (Fsp3) is 0.364. The van der Waals surface area contributed by atoms with E-state index in [9.17, 15) is 9.59 Å². The normalized spacial score (nSPS) is 22.0. The molecule has 0 spiro atoms. The molecule has 4 rings (SSSR count). The van der Waals surface area contributed by atoms with Crippen LogP contribution < -0.4 is 15.1 Å². The van der Waals surface area contributed by atoms with Gasteiger partial charge in [0.15, 0.2) is 0 Å². The Labute approximate surface area is 170 Å². The van der Waals surface area contributed by atoms with Crippen molar-refractivity contribution < 1.29 is 9.59 Å². The van der Waals surface area contributed by atoms with E-state index in [0.29, 0.717) is 18.0 Å². The molecule has 2 saturated heterocycles. The van der Waals surface area contributed by atoms with E-state index in [1.54, 1.807) is 29.2 Å². The highest BCUT2D eigenvalue weighted by Gasteiger charge is 2.37. The number of hydrogen-bond acceptors (Lipinski definition) is 3. The van der Waals surface area contributed by atoms with E-state index < -0.39 is 5.92 Å². The third kappa shape index (κ3) is 3.85. The fourth-order valence-electron chi connectivity index (χ4n) is 3.96. The molecule has 2 unspecified atom stereocenters. The lowest BCUT2D eigenvalue weighted by Crippen LogP contribution is -2.33. The molecule has 2 aliphatic rings. The number of nitrogens with zero attached hydrogens (tertiary/aromatic N) is 2. The molecule has 0 radical (unpaired) electrons. The zero-order valence-electron chi connectivity index (χ0n) is 15.9. The number of carbonyl (C=O) groups is 2. The van der Waals surface area contributed by atoms with Crippen molar-refractivity contribution in [1.29, 1.82) is 0 Å². The summed E-state index contributed by atoms with van der Waals surface area (Å²) in [7, 11) is 0. The maximum Gasteiger partial charge on any atom is 0.239 e. The number of hydrogen-bond donors (Lipinski definition) is 1. The van der Waals surface area contributed by atoms with Crippen LogP contribution in [0.2, 0.25) is 5.02 Å². The minimum Gasteiger partial charge on any atom is -0.371 e. The lowest BCUT2D eigenvalue weighted by molar-refractivity contribution is -0.129. The van der Waals surface area contributed by atoms with Crippen LogP contribution >= 0.6 is 11.6 Å². The van der Waals surface area contributed by atoms with Crippen molar-refractivity contribution in [3.05, 3.63) is 53.6 Å². The summed E-state index contributed by atoms with van der Waals surface area (Å²) in [5.74, 6) is -0.349. The average molecular weight is 398 g/mol. The Hall–Kier alpha value is -2.53. The van der Waals surface area contributed by atoms with Crippen LogP contribution in [0.4, 0.5) is 17.1 Å². The van der Waals surface area contributed by atoms with E-state index in [0.717, 1.165) is 30.4 Å². The van der Waals surface area contributed by atoms with E-state index in [1.807, 2.05) is 24.3 Å². The second-order valence-electron chi connectivity index (χ2n) is 7.68. The van der Waals surface area contributed by atoms with Gasteiger partial charge in [-0.05, 0) is 67.3 Å². The SMILES string of the molecule is CC1CCN(c2ccc(NC(=O)C3CCN(c4ccc(Cl)cc4)C3=O)cc2)C1. The van der Waals surface area contributed by atoms with Crippen LogP contribution in [0.25, 0.3) is 0 Å². The second kappa shape index (κ2) is 7.84. The molecule has 2 heterocycles. The van der Waals surface area contributed by atoms with Gasteiger partial charge in [0.05, 0.1) is 0 Å². The van der Waals surface area contributed by atoms with Gasteiger partial charge < -0.3 is 15.1 Å². The molecule has 5 nitrogen and oxygen atoms in total. The predicted octanol–water partition coefficient (Wildman–Crippen LogP) is 4.18. The zero-order chi connectivity index (χ0) is 19.7. The maximum atomic E-state index is 12.7. The molecule has 2 aromatic rings. The van der Waals surface area contributed by atoms with Crippen LogP contribution in [0, 0.1) is 11.8 Å². The predicted molar refractivity (Wildman–Crippen MR) is 113 cm³/mol. The van der Waals surface area contributed by atoms with Crippen molar-refractivity contribution in [3.63, 3.8) is 0 Å². The van der Waals surface area contributed by atoms with Crippen LogP contribution in [0.5, 0.6) is 0 Å². The molecule has 2 aliphatic heterocycles. The Morgan fingerprint density at radius 2 is 1.68 bits per heavy atom. The molecule has 2 atom stereocenters. The Kier molecular flexibility index (Phi) is 5.27. The average Bonchev–Trinajstić information content (AvgIpc) is 3.29. The lowest BCUT2D eigenvalue weighted by Gasteiger charge is -2.19. The molecule has 2 fully saturated rings. The number of benzene rings is 2. The standard InChI is InChI=1S/C22H24ClN3O2/c1-15-10-12-25(14-15)18-8-4-17(5-9-18)24-21(27)20-11-13-26(22(20)28)19-6-2-16(23)3-7-19/h2-9,15,20H,10-14H2,1H3,(H,24,27). The third-order valence-electron chi connectivity index (χ3n) is 5.58. The Balaban J connectivity index is 1.38. The van der Waals surface area contributed by atoms with E-state index in [2.05, 4.69) is 17.1 Å². The smallest absolute Gasteiger partial charge is 0.239 e. The van der Waals surface area contributed by atoms with E-state index >= 15 is 0 Å². The van der Waals surface area contributed by atoms with Crippen LogP contribution in [-0.4, -0.2) is 31.4 Å². The van der Waals surface area contributed by atoms with Gasteiger partial charge in [-0.2, -0.15) is 0 Å². The molecule has 0 bridgehead atoms. The molecular weight excluding hydrogens is 374 g/mol. The zero-order valence-corrected chi connectivity index (χ0v) is 16.7. The quantitative estimate of drug-likeness (QED) is 0.787. The van der Waals surface area contributed by atoms with Crippen molar-refractivity contribution in [2.24, 2.45) is 11.8 Å². The summed E-state index contributed by atoms with van der Waals surface area (Å²) in [4.78, 5) is 29.4. The molecule has 0 aromatic heterocycles. The fourth-order valence-corrected chi connectivity index (χ4v) is 4.08. The van der Waals surface area contributed by atoms with Crippen molar-refractivity contribution in [3.8, 4) is 0 Å². The van der Waals surface area contributed by atoms with Crippen LogP contribution in [-0.2, 0) is 9.59 Å². The van der Waals surface area contributed by atoms with Crippen LogP contribution in [0.3, 0.4) is 0 Å². The van der Waals surface area contributed by atoms with Gasteiger partial charge in [0.25, 0.3) is 0 Å². The minimum absolute atomic E-state index is 0.164. The van der Waals surface area contributed by atoms with Crippen LogP contribution in [0.1, 0.15) is 19.8 Å². The molecule has 146 valence electrons. The van der Waals surface area contributed by atoms with E-state index in [1.165, 1.54) is 12.1 Å². The maximum absolute atomic E-state index is 12.7. The van der Waals surface area contributed by atoms with Gasteiger partial charge >= 0.3 is 0 Å². The van der Waals surface area contributed by atoms with E-state index in [-0.39, 0.29) is 11.8 Å². The van der Waals surface area contributed by atoms with E-state index in [4.69, 9.17) is 11.6 Å². The topological polar surface area (TPSA) is 52.7 Å². The number of rotatable bonds is 4. The van der Waals surface area contributed by atoms with Crippen molar-refractivity contribution in [2.45, 2.75) is 19.8 Å². The number of amides is 2. The summed E-state index contributed by atoms with van der Waals surface area (Å²) < 4.78 is 0.